The largest absolute Gasteiger partial charge is 0.206 e. The first-order chi connectivity index (χ1) is 19.6. The summed E-state index contributed by atoms with van der Waals surface area (Å²) in [6.45, 7) is 4.59. The summed E-state index contributed by atoms with van der Waals surface area (Å²) < 4.78 is 15.2. The van der Waals surface area contributed by atoms with E-state index in [1.165, 1.54) is 145 Å². The maximum atomic E-state index is 14.7. The number of fused-ring (bicyclic) bond motifs is 1. The first-order valence-corrected chi connectivity index (χ1v) is 19.2. The molecule has 2 aromatic heterocycles. The van der Waals surface area contributed by atoms with E-state index in [2.05, 4.69) is 46.6 Å². The Kier molecular flexibility index (Phi) is 17.1. The van der Waals surface area contributed by atoms with E-state index in [1.54, 1.807) is 28.7 Å². The number of hydrogen-bond acceptors (Lipinski definition) is 2. The van der Waals surface area contributed by atoms with E-state index in [0.29, 0.717) is 4.47 Å². The molecular formula is C36H54BrFS2. The zero-order valence-electron chi connectivity index (χ0n) is 25.4. The van der Waals surface area contributed by atoms with Crippen LogP contribution in [0.1, 0.15) is 148 Å². The third-order valence-electron chi connectivity index (χ3n) is 8.54. The second-order valence-electron chi connectivity index (χ2n) is 12.0. The summed E-state index contributed by atoms with van der Waals surface area (Å²) in [4.78, 5) is 1.20. The lowest BCUT2D eigenvalue weighted by atomic mass is 9.89. The molecule has 0 aliphatic rings. The average Bonchev–Trinajstić information content (AvgIpc) is 3.63. The lowest BCUT2D eigenvalue weighted by Crippen LogP contribution is -2.05. The van der Waals surface area contributed by atoms with Gasteiger partial charge in [0.2, 0.25) is 0 Å². The molecule has 1 atom stereocenters. The molecule has 0 amide bonds. The fraction of sp³-hybridized carbons (Fsp3) is 0.667. The van der Waals surface area contributed by atoms with Crippen LogP contribution in [0.3, 0.4) is 0 Å². The van der Waals surface area contributed by atoms with Crippen LogP contribution < -0.4 is 0 Å². The Morgan fingerprint density at radius 1 is 0.650 bits per heavy atom. The highest BCUT2D eigenvalue weighted by Crippen LogP contribution is 2.40. The lowest BCUT2D eigenvalue weighted by Gasteiger charge is -2.16. The molecule has 0 aliphatic carbocycles. The normalized spacial score (nSPS) is 12.5. The number of rotatable bonds is 23. The molecule has 0 N–H and O–H groups in total. The van der Waals surface area contributed by atoms with Gasteiger partial charge in [0.05, 0.1) is 4.47 Å². The number of hydrogen-bond donors (Lipinski definition) is 0. The van der Waals surface area contributed by atoms with Crippen LogP contribution in [0.25, 0.3) is 21.2 Å². The van der Waals surface area contributed by atoms with Gasteiger partial charge >= 0.3 is 0 Å². The molecule has 224 valence electrons. The molecule has 0 bridgehead atoms. The zero-order chi connectivity index (χ0) is 28.4. The van der Waals surface area contributed by atoms with Crippen LogP contribution in [-0.4, -0.2) is 0 Å². The van der Waals surface area contributed by atoms with Gasteiger partial charge in [0, 0.05) is 21.2 Å². The first-order valence-electron chi connectivity index (χ1n) is 16.6. The smallest absolute Gasteiger partial charge is 0.138 e. The molecule has 4 heteroatoms. The maximum Gasteiger partial charge on any atom is 0.138 e. The van der Waals surface area contributed by atoms with Gasteiger partial charge in [-0.2, -0.15) is 11.3 Å². The number of benzene rings is 1. The summed E-state index contributed by atoms with van der Waals surface area (Å²) in [6.07, 6.45) is 29.1. The van der Waals surface area contributed by atoms with Crippen molar-refractivity contribution in [1.29, 1.82) is 0 Å². The minimum absolute atomic E-state index is 0.163. The van der Waals surface area contributed by atoms with Crippen molar-refractivity contribution in [3.8, 4) is 10.4 Å². The van der Waals surface area contributed by atoms with Crippen molar-refractivity contribution in [3.63, 3.8) is 0 Å². The van der Waals surface area contributed by atoms with E-state index < -0.39 is 0 Å². The fourth-order valence-corrected chi connectivity index (χ4v) is 8.46. The van der Waals surface area contributed by atoms with Crippen LogP contribution in [0.5, 0.6) is 0 Å². The highest BCUT2D eigenvalue weighted by molar-refractivity contribution is 9.10. The summed E-state index contributed by atoms with van der Waals surface area (Å²) in [7, 11) is 0. The van der Waals surface area contributed by atoms with Crippen molar-refractivity contribution < 1.29 is 4.39 Å². The molecule has 0 fully saturated rings. The third kappa shape index (κ3) is 11.9. The molecule has 40 heavy (non-hydrogen) atoms. The summed E-state index contributed by atoms with van der Waals surface area (Å²) in [6, 6.07) is 4.07. The molecule has 0 aliphatic heterocycles. The van der Waals surface area contributed by atoms with Gasteiger partial charge in [-0.15, -0.1) is 11.3 Å². The van der Waals surface area contributed by atoms with Gasteiger partial charge in [0.1, 0.15) is 5.82 Å². The van der Waals surface area contributed by atoms with E-state index in [1.807, 2.05) is 5.38 Å². The topological polar surface area (TPSA) is 0 Å². The van der Waals surface area contributed by atoms with E-state index in [0.717, 1.165) is 22.3 Å². The van der Waals surface area contributed by atoms with E-state index >= 15 is 0 Å². The van der Waals surface area contributed by atoms with Gasteiger partial charge < -0.3 is 0 Å². The predicted molar refractivity (Wildman–Crippen MR) is 184 cm³/mol. The second-order valence-corrected chi connectivity index (χ2v) is 14.5. The fourth-order valence-electron chi connectivity index (χ4n) is 6.07. The van der Waals surface area contributed by atoms with Gasteiger partial charge in [-0.25, -0.2) is 4.39 Å². The molecular weight excluding hydrogens is 595 g/mol. The molecule has 1 aromatic carbocycles. The Labute approximate surface area is 261 Å². The number of thiophene rings is 2. The van der Waals surface area contributed by atoms with Crippen molar-refractivity contribution in [2.75, 3.05) is 0 Å². The Morgan fingerprint density at radius 2 is 1.15 bits per heavy atom. The molecule has 3 aromatic rings. The quantitative estimate of drug-likeness (QED) is 0.0897. The predicted octanol–water partition coefficient (Wildman–Crippen LogP) is 14.5. The average molecular weight is 650 g/mol. The molecule has 0 nitrogen and oxygen atoms in total. The molecule has 1 unspecified atom stereocenters. The Bertz CT molecular complexity index is 1070. The molecule has 3 rings (SSSR count). The van der Waals surface area contributed by atoms with E-state index in [-0.39, 0.29) is 5.82 Å². The number of unbranched alkanes of at least 4 members (excludes halogenated alkanes) is 16. The Morgan fingerprint density at radius 3 is 1.70 bits per heavy atom. The van der Waals surface area contributed by atoms with Crippen molar-refractivity contribution in [1.82, 2.24) is 0 Å². The highest BCUT2D eigenvalue weighted by Gasteiger charge is 2.16. The second kappa shape index (κ2) is 20.2. The zero-order valence-corrected chi connectivity index (χ0v) is 28.6. The van der Waals surface area contributed by atoms with Crippen LogP contribution >= 0.6 is 38.6 Å². The summed E-state index contributed by atoms with van der Waals surface area (Å²) in [5.41, 5.74) is 2.49. The lowest BCUT2D eigenvalue weighted by molar-refractivity contribution is 0.400. The molecule has 0 radical (unpaired) electrons. The van der Waals surface area contributed by atoms with Crippen molar-refractivity contribution in [2.45, 2.75) is 149 Å². The summed E-state index contributed by atoms with van der Waals surface area (Å²) >= 11 is 6.88. The van der Waals surface area contributed by atoms with E-state index in [9.17, 15) is 4.39 Å². The van der Waals surface area contributed by atoms with Crippen LogP contribution in [0.4, 0.5) is 4.39 Å². The Hall–Kier alpha value is -0.710. The first kappa shape index (κ1) is 33.8. The van der Waals surface area contributed by atoms with E-state index in [4.69, 9.17) is 0 Å². The minimum atomic E-state index is -0.163. The van der Waals surface area contributed by atoms with Gasteiger partial charge in [-0.05, 0) is 62.1 Å². The van der Waals surface area contributed by atoms with Crippen molar-refractivity contribution in [3.05, 3.63) is 44.1 Å². The SMILES string of the molecule is CCCCCCCCCCCCC(CCCCCCCCCC)Cc1csc(-c2cc(F)c(Br)c3cscc23)c1. The van der Waals surface area contributed by atoms with Gasteiger partial charge in [-0.1, -0.05) is 142 Å². The highest BCUT2D eigenvalue weighted by atomic mass is 79.9. The van der Waals surface area contributed by atoms with Crippen molar-refractivity contribution in [2.24, 2.45) is 5.92 Å². The van der Waals surface area contributed by atoms with Crippen LogP contribution in [0.15, 0.2) is 32.7 Å². The van der Waals surface area contributed by atoms with Gasteiger partial charge in [0.25, 0.3) is 0 Å². The standard InChI is InChI=1S/C36H54BrFS2/c1-3-5-7-9-11-13-14-16-18-20-22-29(21-19-17-15-12-10-8-6-4-2)23-30-24-35(40-26-30)31-25-34(38)36(37)33-28-39-27-32(31)33/h24-29H,3-23H2,1-2H3. The summed E-state index contributed by atoms with van der Waals surface area (Å²) in [5, 5.41) is 8.69. The maximum absolute atomic E-state index is 14.7. The van der Waals surface area contributed by atoms with Gasteiger partial charge in [0.15, 0.2) is 0 Å². The van der Waals surface area contributed by atoms with Crippen LogP contribution in [0.2, 0.25) is 0 Å². The third-order valence-corrected chi connectivity index (χ3v) is 11.1. The summed E-state index contributed by atoms with van der Waals surface area (Å²) in [5.74, 6) is 0.615. The molecule has 2 heterocycles. The monoisotopic (exact) mass is 648 g/mol. The Balaban J connectivity index is 1.49. The molecule has 0 saturated carbocycles. The van der Waals surface area contributed by atoms with Crippen LogP contribution in [-0.2, 0) is 6.42 Å². The molecule has 0 saturated heterocycles. The van der Waals surface area contributed by atoms with Crippen molar-refractivity contribution >= 4 is 49.4 Å². The van der Waals surface area contributed by atoms with Gasteiger partial charge in [-0.3, -0.25) is 0 Å². The van der Waals surface area contributed by atoms with Crippen LogP contribution in [0, 0.1) is 11.7 Å². The molecule has 0 spiro atoms. The number of halogens is 2. The minimum Gasteiger partial charge on any atom is -0.206 e.